The largest absolute Gasteiger partial charge is 0.499 e. The van der Waals surface area contributed by atoms with E-state index < -0.39 is 30.4 Å². The number of rotatable bonds is 5. The van der Waals surface area contributed by atoms with Crippen LogP contribution in [0.4, 0.5) is 22.0 Å². The molecule has 11 heteroatoms. The average Bonchev–Trinajstić information content (AvgIpc) is 2.85. The van der Waals surface area contributed by atoms with Gasteiger partial charge in [0.2, 0.25) is 11.8 Å². The second-order valence-corrected chi connectivity index (χ2v) is 4.21. The van der Waals surface area contributed by atoms with Crippen molar-refractivity contribution in [2.45, 2.75) is 18.7 Å². The number of hydrogen-bond acceptors (Lipinski definition) is 5. The fourth-order valence-electron chi connectivity index (χ4n) is 1.44. The Balaban J connectivity index is 2.13. The van der Waals surface area contributed by atoms with Crippen LogP contribution in [-0.2, 0) is 11.2 Å². The lowest BCUT2D eigenvalue weighted by Crippen LogP contribution is -2.41. The molecular weight excluding hydrogens is 331 g/mol. The minimum absolute atomic E-state index is 0.115. The number of hydrogen-bond donors (Lipinski definition) is 1. The Morgan fingerprint density at radius 2 is 1.74 bits per heavy atom. The van der Waals surface area contributed by atoms with Crippen molar-refractivity contribution in [3.05, 3.63) is 30.2 Å². The number of aliphatic carboxylic acids is 1. The summed E-state index contributed by atoms with van der Waals surface area (Å²) in [5, 5.41) is 15.5. The highest BCUT2D eigenvalue weighted by Crippen LogP contribution is 2.37. The quantitative estimate of drug-likeness (QED) is 0.844. The molecule has 0 spiro atoms. The highest BCUT2D eigenvalue weighted by atomic mass is 19.4. The van der Waals surface area contributed by atoms with Gasteiger partial charge in [-0.25, -0.2) is 0 Å². The van der Waals surface area contributed by atoms with E-state index in [0.29, 0.717) is 0 Å². The number of carboxylic acids is 1. The third kappa shape index (κ3) is 3.93. The van der Waals surface area contributed by atoms with Crippen LogP contribution in [0.2, 0.25) is 0 Å². The van der Waals surface area contributed by atoms with Crippen molar-refractivity contribution < 1.29 is 41.0 Å². The molecule has 0 aliphatic heterocycles. The Hall–Kier alpha value is -2.72. The van der Waals surface area contributed by atoms with Crippen molar-refractivity contribution in [2.75, 3.05) is 0 Å². The lowest BCUT2D eigenvalue weighted by Gasteiger charge is -2.20. The van der Waals surface area contributed by atoms with E-state index >= 15 is 0 Å². The second-order valence-electron chi connectivity index (χ2n) is 4.21. The van der Waals surface area contributed by atoms with Gasteiger partial charge in [-0.15, -0.1) is 10.2 Å². The molecule has 2 aromatic rings. The minimum atomic E-state index is -5.84. The summed E-state index contributed by atoms with van der Waals surface area (Å²) in [5.74, 6) is -2.22. The van der Waals surface area contributed by atoms with Gasteiger partial charge in [-0.05, 0) is 24.3 Å². The first kappa shape index (κ1) is 16.6. The maximum absolute atomic E-state index is 12.7. The molecular formula is C12H7F5N2O4. The second kappa shape index (κ2) is 5.82. The summed E-state index contributed by atoms with van der Waals surface area (Å²) in [6.07, 6.45) is -11.7. The first-order valence-electron chi connectivity index (χ1n) is 5.86. The van der Waals surface area contributed by atoms with E-state index in [1.54, 1.807) is 0 Å². The maximum atomic E-state index is 12.7. The third-order valence-electron chi connectivity index (χ3n) is 2.45. The van der Waals surface area contributed by atoms with Crippen LogP contribution in [0.15, 0.2) is 28.7 Å². The molecule has 0 fully saturated rings. The Morgan fingerprint density at radius 3 is 2.26 bits per heavy atom. The van der Waals surface area contributed by atoms with Gasteiger partial charge in [0.1, 0.15) is 12.2 Å². The van der Waals surface area contributed by atoms with E-state index in [1.807, 2.05) is 0 Å². The van der Waals surface area contributed by atoms with Crippen molar-refractivity contribution in [3.63, 3.8) is 0 Å². The van der Waals surface area contributed by atoms with Gasteiger partial charge in [-0.2, -0.15) is 22.0 Å². The third-order valence-corrected chi connectivity index (χ3v) is 2.45. The molecule has 1 aromatic carbocycles. The van der Waals surface area contributed by atoms with Gasteiger partial charge >= 0.3 is 18.3 Å². The smallest absolute Gasteiger partial charge is 0.481 e. The average molecular weight is 338 g/mol. The molecule has 0 aliphatic carbocycles. The molecule has 2 rings (SSSR count). The molecule has 0 saturated heterocycles. The Morgan fingerprint density at radius 1 is 1.13 bits per heavy atom. The number of alkyl halides is 5. The zero-order valence-electron chi connectivity index (χ0n) is 11.0. The van der Waals surface area contributed by atoms with E-state index in [4.69, 9.17) is 9.52 Å². The monoisotopic (exact) mass is 338 g/mol. The molecule has 6 nitrogen and oxygen atoms in total. The first-order chi connectivity index (χ1) is 10.6. The van der Waals surface area contributed by atoms with E-state index in [2.05, 4.69) is 14.9 Å². The standard InChI is InChI=1S/C12H7F5N2O4/c13-11(14,15)12(16,17)23-7-3-1-6(2-4-7)10-19-18-8(22-10)5-9(20)21/h1-4H,5H2,(H,20,21). The van der Waals surface area contributed by atoms with Crippen LogP contribution in [0.25, 0.3) is 11.5 Å². The summed E-state index contributed by atoms with van der Waals surface area (Å²) in [7, 11) is 0. The van der Waals surface area contributed by atoms with Gasteiger partial charge in [-0.1, -0.05) is 0 Å². The van der Waals surface area contributed by atoms with Crippen LogP contribution in [-0.4, -0.2) is 33.6 Å². The molecule has 0 amide bonds. The molecule has 0 saturated carbocycles. The van der Waals surface area contributed by atoms with E-state index in [-0.39, 0.29) is 17.3 Å². The predicted octanol–water partition coefficient (Wildman–Crippen LogP) is 2.90. The zero-order valence-corrected chi connectivity index (χ0v) is 11.0. The summed E-state index contributed by atoms with van der Waals surface area (Å²) in [4.78, 5) is 10.5. The van der Waals surface area contributed by atoms with Crippen molar-refractivity contribution in [1.29, 1.82) is 0 Å². The fourth-order valence-corrected chi connectivity index (χ4v) is 1.44. The molecule has 0 aliphatic rings. The lowest BCUT2D eigenvalue weighted by atomic mass is 10.2. The number of carbonyl (C=O) groups is 1. The SMILES string of the molecule is O=C(O)Cc1nnc(-c2ccc(OC(F)(F)C(F)(F)F)cc2)o1. The van der Waals surface area contributed by atoms with Crippen LogP contribution in [0.5, 0.6) is 5.75 Å². The van der Waals surface area contributed by atoms with Crippen LogP contribution in [0.1, 0.15) is 5.89 Å². The van der Waals surface area contributed by atoms with Crippen molar-refractivity contribution in [1.82, 2.24) is 10.2 Å². The molecule has 0 radical (unpaired) electrons. The molecule has 1 aromatic heterocycles. The maximum Gasteiger partial charge on any atom is 0.499 e. The van der Waals surface area contributed by atoms with Crippen molar-refractivity contribution in [3.8, 4) is 17.2 Å². The van der Waals surface area contributed by atoms with Crippen LogP contribution in [0.3, 0.4) is 0 Å². The van der Waals surface area contributed by atoms with E-state index in [0.717, 1.165) is 24.3 Å². The van der Waals surface area contributed by atoms with Crippen molar-refractivity contribution in [2.24, 2.45) is 0 Å². The van der Waals surface area contributed by atoms with E-state index in [9.17, 15) is 26.7 Å². The highest BCUT2D eigenvalue weighted by Gasteiger charge is 2.61. The Labute approximate surface area is 124 Å². The summed E-state index contributed by atoms with van der Waals surface area (Å²) in [6, 6.07) is 3.94. The normalized spacial score (nSPS) is 12.2. The van der Waals surface area contributed by atoms with Crippen LogP contribution >= 0.6 is 0 Å². The molecule has 0 atom stereocenters. The summed E-state index contributed by atoms with van der Waals surface area (Å²) < 4.78 is 70.1. The summed E-state index contributed by atoms with van der Waals surface area (Å²) >= 11 is 0. The number of halogens is 5. The molecule has 124 valence electrons. The predicted molar refractivity (Wildman–Crippen MR) is 62.7 cm³/mol. The number of ether oxygens (including phenoxy) is 1. The van der Waals surface area contributed by atoms with Gasteiger partial charge < -0.3 is 14.3 Å². The number of carboxylic acid groups (broad SMARTS) is 1. The number of benzene rings is 1. The van der Waals surface area contributed by atoms with Gasteiger partial charge in [0.15, 0.2) is 0 Å². The Kier molecular flexibility index (Phi) is 4.21. The van der Waals surface area contributed by atoms with E-state index in [1.165, 1.54) is 0 Å². The van der Waals surface area contributed by atoms with Gasteiger partial charge in [0, 0.05) is 5.56 Å². The van der Waals surface area contributed by atoms with Crippen molar-refractivity contribution >= 4 is 5.97 Å². The first-order valence-corrected chi connectivity index (χ1v) is 5.86. The minimum Gasteiger partial charge on any atom is -0.481 e. The summed E-state index contributed by atoms with van der Waals surface area (Å²) in [6.45, 7) is 0. The molecule has 1 N–H and O–H groups in total. The zero-order chi connectivity index (χ0) is 17.3. The molecule has 0 unspecified atom stereocenters. The topological polar surface area (TPSA) is 85.5 Å². The number of nitrogens with zero attached hydrogens (tertiary/aromatic N) is 2. The van der Waals surface area contributed by atoms with Gasteiger partial charge in [0.25, 0.3) is 0 Å². The highest BCUT2D eigenvalue weighted by molar-refractivity contribution is 5.68. The summed E-state index contributed by atoms with van der Waals surface area (Å²) in [5.41, 5.74) is 0.191. The van der Waals surface area contributed by atoms with Crippen LogP contribution in [0, 0.1) is 0 Å². The van der Waals surface area contributed by atoms with Crippen LogP contribution < -0.4 is 4.74 Å². The Bertz CT molecular complexity index is 696. The van der Waals surface area contributed by atoms with Gasteiger partial charge in [-0.3, -0.25) is 4.79 Å². The van der Waals surface area contributed by atoms with Gasteiger partial charge in [0.05, 0.1) is 0 Å². The molecule has 23 heavy (non-hydrogen) atoms. The number of aromatic nitrogens is 2. The molecule has 1 heterocycles. The lowest BCUT2D eigenvalue weighted by molar-refractivity contribution is -0.360. The molecule has 0 bridgehead atoms. The fraction of sp³-hybridized carbons (Fsp3) is 0.250.